The fraction of sp³-hybridized carbons (Fsp3) is 0.261. The molecule has 1 fully saturated rings. The highest BCUT2D eigenvalue weighted by molar-refractivity contribution is 5.83. The Morgan fingerprint density at radius 2 is 1.69 bits per heavy atom. The van der Waals surface area contributed by atoms with Crippen molar-refractivity contribution in [2.75, 3.05) is 31.2 Å². The van der Waals surface area contributed by atoms with Crippen molar-refractivity contribution in [3.63, 3.8) is 0 Å². The lowest BCUT2D eigenvalue weighted by molar-refractivity contribution is 0.122. The van der Waals surface area contributed by atoms with Crippen LogP contribution in [0.1, 0.15) is 11.3 Å². The highest BCUT2D eigenvalue weighted by Gasteiger charge is 2.19. The van der Waals surface area contributed by atoms with Gasteiger partial charge in [-0.15, -0.1) is 0 Å². The lowest BCUT2D eigenvalue weighted by Crippen LogP contribution is -2.36. The summed E-state index contributed by atoms with van der Waals surface area (Å²) >= 11 is 0. The Bertz CT molecular complexity index is 1160. The molecule has 0 unspecified atom stereocenters. The number of aryl methyl sites for hydroxylation is 2. The molecular formula is C23H23N5O. The smallest absolute Gasteiger partial charge is 0.147 e. The summed E-state index contributed by atoms with van der Waals surface area (Å²) in [6.45, 7) is 7.39. The van der Waals surface area contributed by atoms with Gasteiger partial charge < -0.3 is 9.64 Å². The topological polar surface area (TPSA) is 56.1 Å². The number of anilines is 1. The van der Waals surface area contributed by atoms with Gasteiger partial charge in [-0.2, -0.15) is 0 Å². The number of rotatable bonds is 3. The first-order valence-corrected chi connectivity index (χ1v) is 9.91. The van der Waals surface area contributed by atoms with E-state index in [2.05, 4.69) is 64.7 Å². The van der Waals surface area contributed by atoms with Crippen LogP contribution >= 0.6 is 0 Å². The van der Waals surface area contributed by atoms with Crippen LogP contribution in [0.3, 0.4) is 0 Å². The third kappa shape index (κ3) is 3.25. The summed E-state index contributed by atoms with van der Waals surface area (Å²) in [5.74, 6) is 1.88. The first kappa shape index (κ1) is 17.8. The molecule has 3 aromatic heterocycles. The molecule has 146 valence electrons. The summed E-state index contributed by atoms with van der Waals surface area (Å²) in [7, 11) is 0. The maximum atomic E-state index is 5.46. The summed E-state index contributed by atoms with van der Waals surface area (Å²) in [6.07, 6.45) is 3.65. The predicted molar refractivity (Wildman–Crippen MR) is 115 cm³/mol. The zero-order valence-corrected chi connectivity index (χ0v) is 16.7. The molecule has 1 saturated heterocycles. The van der Waals surface area contributed by atoms with Gasteiger partial charge in [0, 0.05) is 30.5 Å². The van der Waals surface area contributed by atoms with Gasteiger partial charge in [0.15, 0.2) is 0 Å². The Balaban J connectivity index is 1.65. The summed E-state index contributed by atoms with van der Waals surface area (Å²) in [6, 6.07) is 14.7. The quantitative estimate of drug-likeness (QED) is 0.535. The summed E-state index contributed by atoms with van der Waals surface area (Å²) in [4.78, 5) is 16.4. The standard InChI is InChI=1S/C23H23N5O/c1-16-3-5-18(6-4-16)28-21-15-24-10-9-20(21)26-23(28)19-7-8-22(25-17(19)2)27-11-13-29-14-12-27/h3-10,15H,11-14H2,1-2H3. The van der Waals surface area contributed by atoms with Crippen LogP contribution in [0.25, 0.3) is 28.1 Å². The maximum absolute atomic E-state index is 5.46. The van der Waals surface area contributed by atoms with Gasteiger partial charge in [0.25, 0.3) is 0 Å². The fourth-order valence-electron chi connectivity index (χ4n) is 3.81. The van der Waals surface area contributed by atoms with E-state index in [4.69, 9.17) is 14.7 Å². The minimum Gasteiger partial charge on any atom is -0.378 e. The average Bonchev–Trinajstić information content (AvgIpc) is 3.14. The molecule has 29 heavy (non-hydrogen) atoms. The van der Waals surface area contributed by atoms with Crippen molar-refractivity contribution < 1.29 is 4.74 Å². The van der Waals surface area contributed by atoms with Gasteiger partial charge in [0.2, 0.25) is 0 Å². The van der Waals surface area contributed by atoms with Crippen LogP contribution in [0.15, 0.2) is 54.9 Å². The molecule has 0 bridgehead atoms. The number of pyridine rings is 2. The molecule has 6 heteroatoms. The molecular weight excluding hydrogens is 362 g/mol. The van der Waals surface area contributed by atoms with E-state index in [0.29, 0.717) is 0 Å². The zero-order chi connectivity index (χ0) is 19.8. The third-order valence-electron chi connectivity index (χ3n) is 5.40. The van der Waals surface area contributed by atoms with E-state index >= 15 is 0 Å². The van der Waals surface area contributed by atoms with E-state index in [9.17, 15) is 0 Å². The van der Waals surface area contributed by atoms with Crippen molar-refractivity contribution in [3.05, 3.63) is 66.1 Å². The molecule has 0 N–H and O–H groups in total. The summed E-state index contributed by atoms with van der Waals surface area (Å²) in [5.41, 5.74) is 6.20. The van der Waals surface area contributed by atoms with E-state index in [0.717, 1.165) is 65.9 Å². The molecule has 6 nitrogen and oxygen atoms in total. The molecule has 0 amide bonds. The Kier molecular flexibility index (Phi) is 4.48. The van der Waals surface area contributed by atoms with Crippen molar-refractivity contribution in [1.82, 2.24) is 19.5 Å². The van der Waals surface area contributed by atoms with Crippen LogP contribution in [-0.4, -0.2) is 45.8 Å². The molecule has 1 aliphatic heterocycles. The number of morpholine rings is 1. The molecule has 1 aromatic carbocycles. The summed E-state index contributed by atoms with van der Waals surface area (Å²) < 4.78 is 7.63. The first-order chi connectivity index (χ1) is 14.2. The lowest BCUT2D eigenvalue weighted by Gasteiger charge is -2.28. The molecule has 1 aliphatic rings. The second-order valence-corrected chi connectivity index (χ2v) is 7.37. The van der Waals surface area contributed by atoms with Crippen LogP contribution < -0.4 is 4.90 Å². The second-order valence-electron chi connectivity index (χ2n) is 7.37. The first-order valence-electron chi connectivity index (χ1n) is 9.91. The van der Waals surface area contributed by atoms with Crippen molar-refractivity contribution >= 4 is 16.9 Å². The van der Waals surface area contributed by atoms with E-state index in [1.54, 1.807) is 6.20 Å². The number of imidazole rings is 1. The minimum absolute atomic E-state index is 0.749. The number of ether oxygens (including phenoxy) is 1. The van der Waals surface area contributed by atoms with Crippen LogP contribution in [0.5, 0.6) is 0 Å². The highest BCUT2D eigenvalue weighted by Crippen LogP contribution is 2.31. The highest BCUT2D eigenvalue weighted by atomic mass is 16.5. The molecule has 0 aliphatic carbocycles. The van der Waals surface area contributed by atoms with Crippen molar-refractivity contribution in [3.8, 4) is 17.1 Å². The van der Waals surface area contributed by atoms with Gasteiger partial charge >= 0.3 is 0 Å². The molecule has 5 rings (SSSR count). The van der Waals surface area contributed by atoms with Crippen molar-refractivity contribution in [1.29, 1.82) is 0 Å². The van der Waals surface area contributed by atoms with Gasteiger partial charge in [0.1, 0.15) is 11.6 Å². The number of fused-ring (bicyclic) bond motifs is 1. The molecule has 0 spiro atoms. The Morgan fingerprint density at radius 1 is 0.897 bits per heavy atom. The minimum atomic E-state index is 0.749. The van der Waals surface area contributed by atoms with Gasteiger partial charge in [-0.25, -0.2) is 9.97 Å². The van der Waals surface area contributed by atoms with Crippen LogP contribution in [-0.2, 0) is 4.74 Å². The lowest BCUT2D eigenvalue weighted by atomic mass is 10.1. The Hall–Kier alpha value is -3.25. The largest absolute Gasteiger partial charge is 0.378 e. The predicted octanol–water partition coefficient (Wildman–Crippen LogP) is 3.94. The van der Waals surface area contributed by atoms with Crippen molar-refractivity contribution in [2.24, 2.45) is 0 Å². The normalized spacial score (nSPS) is 14.5. The Morgan fingerprint density at radius 3 is 2.45 bits per heavy atom. The zero-order valence-electron chi connectivity index (χ0n) is 16.7. The summed E-state index contributed by atoms with van der Waals surface area (Å²) in [5, 5.41) is 0. The molecule has 4 aromatic rings. The van der Waals surface area contributed by atoms with E-state index in [1.165, 1.54) is 5.56 Å². The maximum Gasteiger partial charge on any atom is 0.147 e. The van der Waals surface area contributed by atoms with Crippen LogP contribution in [0.4, 0.5) is 5.82 Å². The average molecular weight is 385 g/mol. The number of hydrogen-bond acceptors (Lipinski definition) is 5. The SMILES string of the molecule is Cc1ccc(-n2c(-c3ccc(N4CCOCC4)nc3C)nc3ccncc32)cc1. The third-order valence-corrected chi connectivity index (χ3v) is 5.40. The molecule has 4 heterocycles. The van der Waals surface area contributed by atoms with E-state index < -0.39 is 0 Å². The fourth-order valence-corrected chi connectivity index (χ4v) is 3.81. The van der Waals surface area contributed by atoms with Crippen LogP contribution in [0.2, 0.25) is 0 Å². The number of benzene rings is 1. The second kappa shape index (κ2) is 7.29. The van der Waals surface area contributed by atoms with E-state index in [-0.39, 0.29) is 0 Å². The molecule has 0 radical (unpaired) electrons. The molecule has 0 atom stereocenters. The van der Waals surface area contributed by atoms with Crippen molar-refractivity contribution in [2.45, 2.75) is 13.8 Å². The molecule has 0 saturated carbocycles. The number of aromatic nitrogens is 4. The number of nitrogens with zero attached hydrogens (tertiary/aromatic N) is 5. The monoisotopic (exact) mass is 385 g/mol. The van der Waals surface area contributed by atoms with Gasteiger partial charge in [-0.05, 0) is 44.2 Å². The van der Waals surface area contributed by atoms with Gasteiger partial charge in [-0.1, -0.05) is 17.7 Å². The van der Waals surface area contributed by atoms with Crippen LogP contribution in [0, 0.1) is 13.8 Å². The number of hydrogen-bond donors (Lipinski definition) is 0. The van der Waals surface area contributed by atoms with E-state index in [1.807, 2.05) is 12.3 Å². The van der Waals surface area contributed by atoms with Gasteiger partial charge in [-0.3, -0.25) is 9.55 Å². The van der Waals surface area contributed by atoms with Gasteiger partial charge in [0.05, 0.1) is 36.1 Å². The Labute approximate surface area is 169 Å².